The number of hydrogen-bond acceptors (Lipinski definition) is 4. The molecule has 0 aromatic carbocycles. The maximum absolute atomic E-state index is 12.5. The fourth-order valence-corrected chi connectivity index (χ4v) is 3.91. The Hall–Kier alpha value is -2.38. The van der Waals surface area contributed by atoms with Gasteiger partial charge in [-0.25, -0.2) is 4.98 Å². The molecule has 0 radical (unpaired) electrons. The van der Waals surface area contributed by atoms with Crippen LogP contribution < -0.4 is 0 Å². The van der Waals surface area contributed by atoms with E-state index in [2.05, 4.69) is 15.0 Å². The predicted molar refractivity (Wildman–Crippen MR) is 108 cm³/mol. The zero-order valence-electron chi connectivity index (χ0n) is 16.3. The molecular formula is C20H25ClN6O. The zero-order chi connectivity index (χ0) is 19.7. The highest BCUT2D eigenvalue weighted by Crippen LogP contribution is 2.14. The van der Waals surface area contributed by atoms with Crippen LogP contribution in [0.25, 0.3) is 5.65 Å². The Morgan fingerprint density at radius 2 is 1.93 bits per heavy atom. The van der Waals surface area contributed by atoms with Crippen molar-refractivity contribution in [3.63, 3.8) is 0 Å². The normalized spacial score (nSPS) is 15.5. The summed E-state index contributed by atoms with van der Waals surface area (Å²) < 4.78 is 3.87. The number of aromatic nitrogens is 4. The Morgan fingerprint density at radius 3 is 2.64 bits per heavy atom. The highest BCUT2D eigenvalue weighted by atomic mass is 35.5. The van der Waals surface area contributed by atoms with Crippen molar-refractivity contribution in [1.29, 1.82) is 0 Å². The number of piperazine rings is 1. The lowest BCUT2D eigenvalue weighted by atomic mass is 10.2. The quantitative estimate of drug-likeness (QED) is 0.660. The summed E-state index contributed by atoms with van der Waals surface area (Å²) in [5.74, 6) is 0.203. The van der Waals surface area contributed by atoms with Gasteiger partial charge in [-0.05, 0) is 32.0 Å². The van der Waals surface area contributed by atoms with Crippen LogP contribution in [0.4, 0.5) is 0 Å². The molecule has 1 fully saturated rings. The molecule has 4 heterocycles. The molecule has 1 aliphatic heterocycles. The molecule has 0 atom stereocenters. The van der Waals surface area contributed by atoms with Gasteiger partial charge in [0.1, 0.15) is 5.65 Å². The topological polar surface area (TPSA) is 58.7 Å². The Kier molecular flexibility index (Phi) is 5.37. The molecule has 0 N–H and O–H groups in total. The number of imidazole rings is 1. The lowest BCUT2D eigenvalue weighted by molar-refractivity contribution is -0.133. The van der Waals surface area contributed by atoms with Gasteiger partial charge in [-0.3, -0.25) is 14.4 Å². The molecule has 1 saturated heterocycles. The monoisotopic (exact) mass is 400 g/mol. The lowest BCUT2D eigenvalue weighted by Gasteiger charge is -2.34. The molecule has 7 nitrogen and oxygen atoms in total. The minimum absolute atomic E-state index is 0.203. The first-order chi connectivity index (χ1) is 13.5. The Balaban J connectivity index is 1.27. The number of halogens is 1. The summed E-state index contributed by atoms with van der Waals surface area (Å²) in [4.78, 5) is 21.5. The average molecular weight is 401 g/mol. The molecule has 0 spiro atoms. The zero-order valence-corrected chi connectivity index (χ0v) is 17.1. The average Bonchev–Trinajstić information content (AvgIpc) is 3.21. The summed E-state index contributed by atoms with van der Waals surface area (Å²) in [6, 6.07) is 5.81. The molecule has 1 aliphatic rings. The van der Waals surface area contributed by atoms with Crippen molar-refractivity contribution in [3.8, 4) is 0 Å². The highest BCUT2D eigenvalue weighted by Gasteiger charge is 2.21. The van der Waals surface area contributed by atoms with Gasteiger partial charge in [0.15, 0.2) is 0 Å². The van der Waals surface area contributed by atoms with E-state index in [1.54, 1.807) is 0 Å². The molecule has 0 saturated carbocycles. The van der Waals surface area contributed by atoms with Gasteiger partial charge in [0, 0.05) is 63.8 Å². The highest BCUT2D eigenvalue weighted by molar-refractivity contribution is 6.30. The largest absolute Gasteiger partial charge is 0.340 e. The fourth-order valence-electron chi connectivity index (χ4n) is 3.74. The van der Waals surface area contributed by atoms with Gasteiger partial charge >= 0.3 is 0 Å². The van der Waals surface area contributed by atoms with Crippen molar-refractivity contribution in [2.45, 2.75) is 33.4 Å². The van der Waals surface area contributed by atoms with Crippen LogP contribution >= 0.6 is 11.6 Å². The van der Waals surface area contributed by atoms with Gasteiger partial charge in [0.05, 0.1) is 16.4 Å². The SMILES string of the molecule is Cc1cc(C)n(CCC(=O)N2CCN(Cc3cn4cc(Cl)ccc4n3)CC2)n1. The molecular weight excluding hydrogens is 376 g/mol. The summed E-state index contributed by atoms with van der Waals surface area (Å²) in [5, 5.41) is 5.13. The van der Waals surface area contributed by atoms with Gasteiger partial charge in [-0.1, -0.05) is 11.6 Å². The molecule has 8 heteroatoms. The second kappa shape index (κ2) is 7.93. The summed E-state index contributed by atoms with van der Waals surface area (Å²) in [6.07, 6.45) is 4.38. The molecule has 3 aromatic rings. The number of hydrogen-bond donors (Lipinski definition) is 0. The maximum atomic E-state index is 12.5. The van der Waals surface area contributed by atoms with Crippen molar-refractivity contribution in [2.75, 3.05) is 26.2 Å². The van der Waals surface area contributed by atoms with Crippen LogP contribution in [0.2, 0.25) is 5.02 Å². The van der Waals surface area contributed by atoms with Crippen LogP contribution in [0, 0.1) is 13.8 Å². The minimum atomic E-state index is 0.203. The van der Waals surface area contributed by atoms with Crippen LogP contribution in [0.15, 0.2) is 30.6 Å². The number of carbonyl (C=O) groups is 1. The van der Waals surface area contributed by atoms with Gasteiger partial charge in [-0.2, -0.15) is 5.10 Å². The maximum Gasteiger partial charge on any atom is 0.224 e. The summed E-state index contributed by atoms with van der Waals surface area (Å²) >= 11 is 6.04. The first kappa shape index (κ1) is 19.0. The number of fused-ring (bicyclic) bond motifs is 1. The van der Waals surface area contributed by atoms with Crippen LogP contribution in [-0.2, 0) is 17.9 Å². The third-order valence-electron chi connectivity index (χ3n) is 5.22. The van der Waals surface area contributed by atoms with Crippen LogP contribution in [0.3, 0.4) is 0 Å². The van der Waals surface area contributed by atoms with E-state index in [0.717, 1.165) is 55.5 Å². The molecule has 28 heavy (non-hydrogen) atoms. The predicted octanol–water partition coefficient (Wildman–Crippen LogP) is 2.54. The number of nitrogens with zero attached hydrogens (tertiary/aromatic N) is 6. The second-order valence-electron chi connectivity index (χ2n) is 7.40. The van der Waals surface area contributed by atoms with E-state index in [4.69, 9.17) is 11.6 Å². The van der Waals surface area contributed by atoms with E-state index in [-0.39, 0.29) is 5.91 Å². The Bertz CT molecular complexity index is 986. The Morgan fingerprint density at radius 1 is 1.14 bits per heavy atom. The van der Waals surface area contributed by atoms with Crippen molar-refractivity contribution in [2.24, 2.45) is 0 Å². The van der Waals surface area contributed by atoms with Crippen molar-refractivity contribution < 1.29 is 4.79 Å². The smallest absolute Gasteiger partial charge is 0.224 e. The van der Waals surface area contributed by atoms with Crippen molar-refractivity contribution in [1.82, 2.24) is 29.0 Å². The van der Waals surface area contributed by atoms with Gasteiger partial charge < -0.3 is 9.30 Å². The summed E-state index contributed by atoms with van der Waals surface area (Å²) in [6.45, 7) is 8.67. The Labute approximate surface area is 169 Å². The molecule has 148 valence electrons. The standard InChI is InChI=1S/C20H25ClN6O/c1-15-11-16(2)27(23-15)6-5-20(28)25-9-7-24(8-10-25)13-18-14-26-12-17(21)3-4-19(26)22-18/h3-4,11-12,14H,5-10,13H2,1-2H3. The van der Waals surface area contributed by atoms with E-state index in [9.17, 15) is 4.79 Å². The molecule has 4 rings (SSSR count). The minimum Gasteiger partial charge on any atom is -0.340 e. The van der Waals surface area contributed by atoms with E-state index in [1.165, 1.54) is 0 Å². The lowest BCUT2D eigenvalue weighted by Crippen LogP contribution is -2.48. The van der Waals surface area contributed by atoms with Gasteiger partial charge in [0.25, 0.3) is 0 Å². The fraction of sp³-hybridized carbons (Fsp3) is 0.450. The number of pyridine rings is 1. The van der Waals surface area contributed by atoms with E-state index >= 15 is 0 Å². The summed E-state index contributed by atoms with van der Waals surface area (Å²) in [7, 11) is 0. The van der Waals surface area contributed by atoms with E-state index in [1.807, 2.05) is 58.4 Å². The number of aryl methyl sites for hydroxylation is 3. The van der Waals surface area contributed by atoms with Crippen molar-refractivity contribution in [3.05, 3.63) is 52.7 Å². The van der Waals surface area contributed by atoms with Crippen molar-refractivity contribution >= 4 is 23.2 Å². The van der Waals surface area contributed by atoms with Gasteiger partial charge in [-0.15, -0.1) is 0 Å². The molecule has 0 bridgehead atoms. The van der Waals surface area contributed by atoms with Gasteiger partial charge in [0.2, 0.25) is 5.91 Å². The third kappa shape index (κ3) is 4.20. The first-order valence-corrected chi connectivity index (χ1v) is 10.00. The van der Waals surface area contributed by atoms with Crippen LogP contribution in [0.5, 0.6) is 0 Å². The second-order valence-corrected chi connectivity index (χ2v) is 7.84. The van der Waals surface area contributed by atoms with E-state index in [0.29, 0.717) is 18.0 Å². The number of rotatable bonds is 5. The third-order valence-corrected chi connectivity index (χ3v) is 5.44. The molecule has 0 unspecified atom stereocenters. The molecule has 3 aromatic heterocycles. The first-order valence-electron chi connectivity index (χ1n) is 9.62. The molecule has 1 amide bonds. The number of amides is 1. The summed E-state index contributed by atoms with van der Waals surface area (Å²) in [5.41, 5.74) is 4.01. The molecule has 0 aliphatic carbocycles. The van der Waals surface area contributed by atoms with Crippen LogP contribution in [-0.4, -0.2) is 61.1 Å². The van der Waals surface area contributed by atoms with Crippen LogP contribution in [0.1, 0.15) is 23.5 Å². The number of carbonyl (C=O) groups excluding carboxylic acids is 1. The van der Waals surface area contributed by atoms with E-state index < -0.39 is 0 Å².